The highest BCUT2D eigenvalue weighted by molar-refractivity contribution is 7.89. The second-order valence-electron chi connectivity index (χ2n) is 11.2. The molecule has 1 spiro atoms. The number of rotatable bonds is 8. The number of hydrogen-bond acceptors (Lipinski definition) is 8. The highest BCUT2D eigenvalue weighted by Crippen LogP contribution is 2.53. The quantitative estimate of drug-likeness (QED) is 0.274. The molecule has 0 saturated carbocycles. The number of amides is 2. The molecule has 2 aromatic rings. The summed E-state index contributed by atoms with van der Waals surface area (Å²) in [5.74, 6) is -2.78. The van der Waals surface area contributed by atoms with E-state index in [9.17, 15) is 27.9 Å². The zero-order valence-corrected chi connectivity index (χ0v) is 25.0. The van der Waals surface area contributed by atoms with Crippen molar-refractivity contribution in [3.63, 3.8) is 0 Å². The number of nitrogens with zero attached hydrogens (tertiary/aromatic N) is 4. The van der Waals surface area contributed by atoms with Crippen molar-refractivity contribution in [2.45, 2.75) is 36.6 Å². The van der Waals surface area contributed by atoms with Crippen molar-refractivity contribution < 1.29 is 32.6 Å². The van der Waals surface area contributed by atoms with Gasteiger partial charge in [-0.05, 0) is 56.5 Å². The molecule has 0 bridgehead atoms. The number of likely N-dealkylation sites (tertiary alicyclic amines) is 1. The number of fused-ring (bicyclic) bond motifs is 2. The molecule has 11 nitrogen and oxygen atoms in total. The van der Waals surface area contributed by atoms with Gasteiger partial charge in [0.25, 0.3) is 17.6 Å². The monoisotopic (exact) mass is 608 g/mol. The molecule has 4 aliphatic rings. The first-order valence-corrected chi connectivity index (χ1v) is 16.3. The highest BCUT2D eigenvalue weighted by Gasteiger charge is 2.66. The van der Waals surface area contributed by atoms with Crippen LogP contribution in [-0.2, 0) is 34.7 Å². The molecule has 4 heterocycles. The SMILES string of the molecule is CCN1C(=O)C2(/C(=C(/O)c3ccc(S(=O)(=O)N4CCCC4)cc3)C(=O)C(=O)N2CCCN2CCOCC2)c2ccccc21. The fraction of sp³-hybridized carbons (Fsp3) is 0.452. The molecule has 0 radical (unpaired) electrons. The van der Waals surface area contributed by atoms with Crippen molar-refractivity contribution >= 4 is 39.1 Å². The van der Waals surface area contributed by atoms with Gasteiger partial charge in [0.1, 0.15) is 5.76 Å². The van der Waals surface area contributed by atoms with Crippen molar-refractivity contribution in [1.82, 2.24) is 14.1 Å². The minimum Gasteiger partial charge on any atom is -0.507 e. The summed E-state index contributed by atoms with van der Waals surface area (Å²) in [5, 5.41) is 11.7. The lowest BCUT2D eigenvalue weighted by atomic mass is 9.82. The van der Waals surface area contributed by atoms with Crippen molar-refractivity contribution in [2.75, 3.05) is 63.9 Å². The zero-order valence-electron chi connectivity index (χ0n) is 24.2. The van der Waals surface area contributed by atoms with Gasteiger partial charge < -0.3 is 19.6 Å². The average molecular weight is 609 g/mol. The molecule has 6 rings (SSSR count). The molecule has 4 aliphatic heterocycles. The van der Waals surface area contributed by atoms with Crippen LogP contribution in [0.15, 0.2) is 59.0 Å². The maximum atomic E-state index is 14.4. The number of sulfonamides is 1. The fourth-order valence-electron chi connectivity index (χ4n) is 6.76. The van der Waals surface area contributed by atoms with Crippen LogP contribution < -0.4 is 4.90 Å². The fourth-order valence-corrected chi connectivity index (χ4v) is 8.28. The molecule has 43 heavy (non-hydrogen) atoms. The Labute approximate surface area is 251 Å². The average Bonchev–Trinajstić information content (AvgIpc) is 3.71. The summed E-state index contributed by atoms with van der Waals surface area (Å²) in [7, 11) is -3.70. The first kappa shape index (κ1) is 29.5. The normalized spacial score (nSPS) is 24.4. The standard InChI is InChI=1S/C31H36N4O7S/c1-2-34-25-9-4-3-8-24(25)31(30(34)39)26(28(37)29(38)35(31)17-7-14-32-18-20-42-21-19-32)27(36)22-10-12-23(13-11-22)43(40,41)33-15-5-6-16-33/h3-4,8-13,36H,2,5-7,14-21H2,1H3/b27-26+. The van der Waals surface area contributed by atoms with Gasteiger partial charge in [0.2, 0.25) is 10.0 Å². The number of anilines is 1. The Kier molecular flexibility index (Phi) is 7.88. The summed E-state index contributed by atoms with van der Waals surface area (Å²) >= 11 is 0. The third-order valence-corrected chi connectivity index (χ3v) is 10.8. The predicted molar refractivity (Wildman–Crippen MR) is 159 cm³/mol. The Balaban J connectivity index is 1.43. The number of aliphatic hydroxyl groups excluding tert-OH is 1. The van der Waals surface area contributed by atoms with Crippen LogP contribution in [0, 0.1) is 0 Å². The number of carbonyl (C=O) groups excluding carboxylic acids is 3. The summed E-state index contributed by atoms with van der Waals surface area (Å²) in [6.45, 7) is 6.59. The first-order chi connectivity index (χ1) is 20.7. The number of carbonyl (C=O) groups is 3. The predicted octanol–water partition coefficient (Wildman–Crippen LogP) is 2.14. The van der Waals surface area contributed by atoms with E-state index in [1.807, 2.05) is 6.92 Å². The van der Waals surface area contributed by atoms with Crippen LogP contribution in [0.4, 0.5) is 5.69 Å². The summed E-state index contributed by atoms with van der Waals surface area (Å²) in [5.41, 5.74) is -0.954. The van der Waals surface area contributed by atoms with Gasteiger partial charge in [-0.3, -0.25) is 19.3 Å². The Morgan fingerprint density at radius 3 is 2.28 bits per heavy atom. The molecular formula is C31H36N4O7S. The van der Waals surface area contributed by atoms with Crippen LogP contribution in [0.25, 0.3) is 5.76 Å². The molecular weight excluding hydrogens is 572 g/mol. The van der Waals surface area contributed by atoms with Crippen LogP contribution in [0.1, 0.15) is 37.3 Å². The van der Waals surface area contributed by atoms with E-state index in [2.05, 4.69) is 4.90 Å². The minimum absolute atomic E-state index is 0.0728. The van der Waals surface area contributed by atoms with Gasteiger partial charge in [0.15, 0.2) is 5.54 Å². The number of hydrogen-bond donors (Lipinski definition) is 1. The van der Waals surface area contributed by atoms with Crippen molar-refractivity contribution in [3.05, 3.63) is 65.2 Å². The van der Waals surface area contributed by atoms with Crippen molar-refractivity contribution in [3.8, 4) is 0 Å². The van der Waals surface area contributed by atoms with E-state index in [0.717, 1.165) is 25.9 Å². The molecule has 1 N–H and O–H groups in total. The second kappa shape index (κ2) is 11.5. The van der Waals surface area contributed by atoms with Gasteiger partial charge in [-0.2, -0.15) is 4.31 Å². The van der Waals surface area contributed by atoms with Crippen LogP contribution >= 0.6 is 0 Å². The van der Waals surface area contributed by atoms with E-state index in [1.54, 1.807) is 24.3 Å². The van der Waals surface area contributed by atoms with Gasteiger partial charge >= 0.3 is 0 Å². The third-order valence-electron chi connectivity index (χ3n) is 8.92. The van der Waals surface area contributed by atoms with Crippen LogP contribution in [0.5, 0.6) is 0 Å². The second-order valence-corrected chi connectivity index (χ2v) is 13.2. The van der Waals surface area contributed by atoms with Gasteiger partial charge in [0, 0.05) is 56.9 Å². The molecule has 0 aromatic heterocycles. The van der Waals surface area contributed by atoms with E-state index in [-0.39, 0.29) is 22.6 Å². The number of para-hydroxylation sites is 1. The van der Waals surface area contributed by atoms with E-state index < -0.39 is 38.9 Å². The lowest BCUT2D eigenvalue weighted by Gasteiger charge is -2.35. The van der Waals surface area contributed by atoms with Crippen LogP contribution in [0.2, 0.25) is 0 Å². The third kappa shape index (κ3) is 4.67. The van der Waals surface area contributed by atoms with Gasteiger partial charge in [0.05, 0.1) is 29.4 Å². The summed E-state index contributed by atoms with van der Waals surface area (Å²) in [4.78, 5) is 47.1. The lowest BCUT2D eigenvalue weighted by molar-refractivity contribution is -0.143. The number of ketones is 1. The number of likely N-dealkylation sites (N-methyl/N-ethyl adjacent to an activating group) is 1. The molecule has 2 aromatic carbocycles. The lowest BCUT2D eigenvalue weighted by Crippen LogP contribution is -2.52. The van der Waals surface area contributed by atoms with Gasteiger partial charge in [-0.15, -0.1) is 0 Å². The smallest absolute Gasteiger partial charge is 0.296 e. The molecule has 3 fully saturated rings. The number of benzene rings is 2. The van der Waals surface area contributed by atoms with Crippen molar-refractivity contribution in [2.24, 2.45) is 0 Å². The first-order valence-electron chi connectivity index (χ1n) is 14.8. The summed E-state index contributed by atoms with van der Waals surface area (Å²) in [6.07, 6.45) is 2.12. The molecule has 1 unspecified atom stereocenters. The molecule has 2 amide bonds. The largest absolute Gasteiger partial charge is 0.507 e. The Morgan fingerprint density at radius 2 is 1.60 bits per heavy atom. The topological polar surface area (TPSA) is 128 Å². The van der Waals surface area contributed by atoms with E-state index >= 15 is 0 Å². The van der Waals surface area contributed by atoms with E-state index in [4.69, 9.17) is 4.74 Å². The Hall–Kier alpha value is -3.58. The van der Waals surface area contributed by atoms with E-state index in [1.165, 1.54) is 38.4 Å². The maximum absolute atomic E-state index is 14.4. The molecule has 228 valence electrons. The number of Topliss-reactive ketones (excluding diaryl/α,β-unsaturated/α-hetero) is 1. The van der Waals surface area contributed by atoms with E-state index in [0.29, 0.717) is 57.1 Å². The molecule has 1 atom stereocenters. The highest BCUT2D eigenvalue weighted by atomic mass is 32.2. The Morgan fingerprint density at radius 1 is 0.930 bits per heavy atom. The molecule has 0 aliphatic carbocycles. The summed E-state index contributed by atoms with van der Waals surface area (Å²) < 4.78 is 33.0. The van der Waals surface area contributed by atoms with Crippen molar-refractivity contribution in [1.29, 1.82) is 0 Å². The summed E-state index contributed by atoms with van der Waals surface area (Å²) in [6, 6.07) is 12.6. The number of morpholine rings is 1. The Bertz CT molecular complexity index is 1580. The number of ether oxygens (including phenoxy) is 1. The minimum atomic E-state index is -3.70. The zero-order chi connectivity index (χ0) is 30.4. The van der Waals surface area contributed by atoms with Crippen LogP contribution in [-0.4, -0.2) is 104 Å². The molecule has 3 saturated heterocycles. The molecule has 12 heteroatoms. The van der Waals surface area contributed by atoms with Gasteiger partial charge in [-0.1, -0.05) is 18.2 Å². The maximum Gasteiger partial charge on any atom is 0.296 e. The van der Waals surface area contributed by atoms with Crippen LogP contribution in [0.3, 0.4) is 0 Å². The number of aliphatic hydroxyl groups is 1. The van der Waals surface area contributed by atoms with Gasteiger partial charge in [-0.25, -0.2) is 8.42 Å².